The smallest absolute Gasteiger partial charge is 0.297 e. The molecule has 5 rings (SSSR count). The Hall–Kier alpha value is -3.59. The van der Waals surface area contributed by atoms with Gasteiger partial charge in [-0.05, 0) is 48.7 Å². The zero-order valence-corrected chi connectivity index (χ0v) is 20.2. The van der Waals surface area contributed by atoms with E-state index in [0.717, 1.165) is 36.8 Å². The maximum atomic E-state index is 14.0. The van der Waals surface area contributed by atoms with Crippen LogP contribution in [0, 0.1) is 5.82 Å². The van der Waals surface area contributed by atoms with Crippen molar-refractivity contribution in [1.82, 2.24) is 10.2 Å². The summed E-state index contributed by atoms with van der Waals surface area (Å²) in [7, 11) is 0. The van der Waals surface area contributed by atoms with E-state index >= 15 is 0 Å². The summed E-state index contributed by atoms with van der Waals surface area (Å²) in [5, 5.41) is 9.75. The number of benzene rings is 2. The molecule has 2 aromatic carbocycles. The Morgan fingerprint density at radius 3 is 2.77 bits per heavy atom. The molecule has 1 atom stereocenters. The molecule has 1 aliphatic rings. The van der Waals surface area contributed by atoms with Crippen LogP contribution in [-0.2, 0) is 6.42 Å². The number of unbranched alkanes of at least 4 members (excludes halogenated alkanes) is 1. The lowest BCUT2D eigenvalue weighted by Gasteiger charge is -2.22. The second-order valence-electron chi connectivity index (χ2n) is 8.40. The molecule has 1 unspecified atom stereocenters. The van der Waals surface area contributed by atoms with Crippen molar-refractivity contribution in [2.24, 2.45) is 0 Å². The minimum absolute atomic E-state index is 0.0661. The average Bonchev–Trinajstić information content (AvgIpc) is 3.42. The van der Waals surface area contributed by atoms with Gasteiger partial charge in [-0.15, -0.1) is 10.2 Å². The molecule has 4 aromatic rings. The third kappa shape index (κ3) is 4.20. The van der Waals surface area contributed by atoms with Gasteiger partial charge in [-0.1, -0.05) is 43.7 Å². The summed E-state index contributed by atoms with van der Waals surface area (Å²) in [4.78, 5) is 28.7. The third-order valence-electron chi connectivity index (χ3n) is 5.90. The van der Waals surface area contributed by atoms with Crippen molar-refractivity contribution < 1.29 is 18.3 Å². The fourth-order valence-corrected chi connectivity index (χ4v) is 5.19. The van der Waals surface area contributed by atoms with Crippen molar-refractivity contribution in [3.05, 3.63) is 80.4 Å². The molecule has 0 fully saturated rings. The van der Waals surface area contributed by atoms with E-state index in [0.29, 0.717) is 23.1 Å². The Labute approximate surface area is 205 Å². The number of nitrogens with zero attached hydrogens (tertiary/aromatic N) is 3. The van der Waals surface area contributed by atoms with Crippen LogP contribution >= 0.6 is 11.3 Å². The quantitative estimate of drug-likeness (QED) is 0.294. The van der Waals surface area contributed by atoms with Gasteiger partial charge in [0.15, 0.2) is 5.43 Å². The van der Waals surface area contributed by atoms with Gasteiger partial charge in [-0.2, -0.15) is 0 Å². The number of hydrogen-bond acceptors (Lipinski definition) is 7. The van der Waals surface area contributed by atoms with Gasteiger partial charge in [0, 0.05) is 6.42 Å². The molecule has 180 valence electrons. The van der Waals surface area contributed by atoms with Crippen LogP contribution in [0.4, 0.5) is 9.52 Å². The number of anilines is 1. The molecule has 9 heteroatoms. The summed E-state index contributed by atoms with van der Waals surface area (Å²) in [6.45, 7) is 4.69. The van der Waals surface area contributed by atoms with Crippen molar-refractivity contribution in [2.75, 3.05) is 11.5 Å². The van der Waals surface area contributed by atoms with Gasteiger partial charge in [-0.3, -0.25) is 14.5 Å². The average molecular weight is 494 g/mol. The van der Waals surface area contributed by atoms with Crippen LogP contribution in [0.5, 0.6) is 5.75 Å². The monoisotopic (exact) mass is 493 g/mol. The number of halogens is 1. The second kappa shape index (κ2) is 9.58. The van der Waals surface area contributed by atoms with Crippen LogP contribution in [0.15, 0.2) is 51.7 Å². The lowest BCUT2D eigenvalue weighted by molar-refractivity contribution is 0.0970. The van der Waals surface area contributed by atoms with Crippen LogP contribution in [0.2, 0.25) is 0 Å². The molecule has 35 heavy (non-hydrogen) atoms. The molecule has 1 aliphatic heterocycles. The Morgan fingerprint density at radius 1 is 1.11 bits per heavy atom. The number of hydrogen-bond donors (Lipinski definition) is 0. The molecule has 0 spiro atoms. The van der Waals surface area contributed by atoms with E-state index in [1.165, 1.54) is 28.4 Å². The first-order valence-electron chi connectivity index (χ1n) is 11.7. The summed E-state index contributed by atoms with van der Waals surface area (Å²) in [5.74, 6) is -0.465. The summed E-state index contributed by atoms with van der Waals surface area (Å²) in [5.41, 5.74) is 0.536. The van der Waals surface area contributed by atoms with Gasteiger partial charge in [-0.25, -0.2) is 4.39 Å². The van der Waals surface area contributed by atoms with Gasteiger partial charge in [0.2, 0.25) is 10.9 Å². The lowest BCUT2D eigenvalue weighted by atomic mass is 9.98. The van der Waals surface area contributed by atoms with E-state index in [9.17, 15) is 14.0 Å². The fraction of sp³-hybridized carbons (Fsp3) is 0.308. The second-order valence-corrected chi connectivity index (χ2v) is 9.44. The van der Waals surface area contributed by atoms with Crippen LogP contribution in [-0.4, -0.2) is 22.7 Å². The summed E-state index contributed by atoms with van der Waals surface area (Å²) < 4.78 is 25.8. The van der Waals surface area contributed by atoms with Crippen molar-refractivity contribution in [3.63, 3.8) is 0 Å². The molecule has 0 bridgehead atoms. The van der Waals surface area contributed by atoms with Gasteiger partial charge < -0.3 is 9.15 Å². The minimum atomic E-state index is -0.807. The summed E-state index contributed by atoms with van der Waals surface area (Å²) >= 11 is 1.31. The standard InChI is InChI=1S/C26H24FN3O4S/c1-3-5-12-33-17-9-6-8-15(13-17)22-21-23(31)18-14-16(27)10-11-19(18)34-24(21)25(32)30(22)26-29-28-20(35-26)7-4-2/h6,8-11,13-14,22H,3-5,7,12H2,1-2H3. The Balaban J connectivity index is 1.69. The van der Waals surface area contributed by atoms with Crippen LogP contribution in [0.25, 0.3) is 11.0 Å². The fourth-order valence-electron chi connectivity index (χ4n) is 4.22. The highest BCUT2D eigenvalue weighted by Crippen LogP contribution is 2.42. The number of amides is 1. The minimum Gasteiger partial charge on any atom is -0.494 e. The Morgan fingerprint density at radius 2 is 1.97 bits per heavy atom. The van der Waals surface area contributed by atoms with Crippen LogP contribution in [0.3, 0.4) is 0 Å². The highest BCUT2D eigenvalue weighted by atomic mass is 32.1. The first kappa shape index (κ1) is 23.2. The molecule has 0 saturated heterocycles. The molecule has 0 radical (unpaired) electrons. The van der Waals surface area contributed by atoms with Crippen molar-refractivity contribution >= 4 is 33.3 Å². The van der Waals surface area contributed by atoms with E-state index in [1.807, 2.05) is 31.2 Å². The Kier molecular flexibility index (Phi) is 6.34. The largest absolute Gasteiger partial charge is 0.494 e. The number of rotatable bonds is 8. The number of aromatic nitrogens is 2. The predicted octanol–water partition coefficient (Wildman–Crippen LogP) is 5.66. The van der Waals surface area contributed by atoms with Crippen LogP contribution < -0.4 is 15.1 Å². The van der Waals surface area contributed by atoms with E-state index in [1.54, 1.807) is 0 Å². The molecular formula is C26H24FN3O4S. The normalized spacial score (nSPS) is 15.1. The Bertz CT molecular complexity index is 1460. The number of carbonyl (C=O) groups excluding carboxylic acids is 1. The molecule has 1 amide bonds. The van der Waals surface area contributed by atoms with Crippen molar-refractivity contribution in [1.29, 1.82) is 0 Å². The zero-order valence-electron chi connectivity index (χ0n) is 19.4. The first-order valence-corrected chi connectivity index (χ1v) is 12.5. The predicted molar refractivity (Wildman–Crippen MR) is 132 cm³/mol. The summed E-state index contributed by atoms with van der Waals surface area (Å²) in [6, 6.07) is 10.2. The van der Waals surface area contributed by atoms with E-state index in [4.69, 9.17) is 9.15 Å². The number of aryl methyl sites for hydroxylation is 1. The maximum Gasteiger partial charge on any atom is 0.297 e. The van der Waals surface area contributed by atoms with Crippen molar-refractivity contribution in [3.8, 4) is 5.75 Å². The molecule has 7 nitrogen and oxygen atoms in total. The number of fused-ring (bicyclic) bond motifs is 2. The van der Waals surface area contributed by atoms with Crippen molar-refractivity contribution in [2.45, 2.75) is 45.6 Å². The summed E-state index contributed by atoms with van der Waals surface area (Å²) in [6.07, 6.45) is 3.53. The SMILES string of the molecule is CCCCOc1cccc(C2c3c(oc4ccc(F)cc4c3=O)C(=O)N2c2nnc(CCC)s2)c1. The third-order valence-corrected chi connectivity index (χ3v) is 6.88. The molecule has 0 aliphatic carbocycles. The van der Waals surface area contributed by atoms with Gasteiger partial charge in [0.05, 0.1) is 23.6 Å². The number of carbonyl (C=O) groups is 1. The van der Waals surface area contributed by atoms with Gasteiger partial charge in [0.25, 0.3) is 5.91 Å². The van der Waals surface area contributed by atoms with E-state index < -0.39 is 23.2 Å². The molecule has 0 N–H and O–H groups in total. The lowest BCUT2D eigenvalue weighted by Crippen LogP contribution is -2.29. The molecular weight excluding hydrogens is 469 g/mol. The van der Waals surface area contributed by atoms with Crippen LogP contribution in [0.1, 0.15) is 65.8 Å². The molecule has 0 saturated carbocycles. The van der Waals surface area contributed by atoms with E-state index in [-0.39, 0.29) is 22.3 Å². The van der Waals surface area contributed by atoms with E-state index in [2.05, 4.69) is 17.1 Å². The van der Waals surface area contributed by atoms with Gasteiger partial charge in [0.1, 0.15) is 22.2 Å². The van der Waals surface area contributed by atoms with Gasteiger partial charge >= 0.3 is 0 Å². The highest BCUT2D eigenvalue weighted by Gasteiger charge is 2.45. The zero-order chi connectivity index (χ0) is 24.5. The molecule has 2 aromatic heterocycles. The topological polar surface area (TPSA) is 85.5 Å². The maximum absolute atomic E-state index is 14.0. The number of ether oxygens (including phenoxy) is 1. The molecule has 3 heterocycles. The first-order chi connectivity index (χ1) is 17.0. The highest BCUT2D eigenvalue weighted by molar-refractivity contribution is 7.15.